The van der Waals surface area contributed by atoms with E-state index < -0.39 is 0 Å². The first-order valence-corrected chi connectivity index (χ1v) is 11.3. The molecular weight excluding hydrogens is 402 g/mol. The number of hydrogen-bond donors (Lipinski definition) is 0. The second-order valence-electron chi connectivity index (χ2n) is 8.59. The highest BCUT2D eigenvalue weighted by molar-refractivity contribution is 6.10. The Kier molecular flexibility index (Phi) is 4.58. The molecule has 158 valence electrons. The van der Waals surface area contributed by atoms with Crippen LogP contribution >= 0.6 is 0 Å². The lowest BCUT2D eigenvalue weighted by Gasteiger charge is -2.06. The summed E-state index contributed by atoms with van der Waals surface area (Å²) < 4.78 is 8.61. The Morgan fingerprint density at radius 1 is 0.606 bits per heavy atom. The molecule has 0 radical (unpaired) electrons. The van der Waals surface area contributed by atoms with Crippen LogP contribution in [0.5, 0.6) is 0 Å². The van der Waals surface area contributed by atoms with Crippen molar-refractivity contribution in [2.45, 2.75) is 6.92 Å². The van der Waals surface area contributed by atoms with Crippen LogP contribution in [-0.4, -0.2) is 0 Å². The molecule has 0 amide bonds. The van der Waals surface area contributed by atoms with E-state index in [1.54, 1.807) is 0 Å². The van der Waals surface area contributed by atoms with E-state index in [9.17, 15) is 0 Å². The van der Waals surface area contributed by atoms with Crippen molar-refractivity contribution in [2.75, 3.05) is 0 Å². The van der Waals surface area contributed by atoms with E-state index in [1.807, 2.05) is 6.07 Å². The molecule has 0 bridgehead atoms. The molecule has 2 heteroatoms. The minimum Gasteiger partial charge on any atom is -0.455 e. The molecule has 2 aromatic heterocycles. The summed E-state index contributed by atoms with van der Waals surface area (Å²) in [6.45, 7) is 2.15. The Hall–Kier alpha value is -4.17. The molecule has 2 nitrogen and oxygen atoms in total. The van der Waals surface area contributed by atoms with Gasteiger partial charge in [0.25, 0.3) is 0 Å². The highest BCUT2D eigenvalue weighted by Gasteiger charge is 2.17. The van der Waals surface area contributed by atoms with Crippen LogP contribution in [0.3, 0.4) is 0 Å². The molecule has 0 saturated heterocycles. The highest BCUT2D eigenvalue weighted by atomic mass is 16.3. The average molecular weight is 427 g/mol. The van der Waals surface area contributed by atoms with Crippen LogP contribution in [-0.2, 0) is 7.05 Å². The third kappa shape index (κ3) is 3.32. The van der Waals surface area contributed by atoms with E-state index in [1.165, 1.54) is 27.9 Å². The Morgan fingerprint density at radius 3 is 2.12 bits per heavy atom. The van der Waals surface area contributed by atoms with Crippen molar-refractivity contribution in [2.24, 2.45) is 7.05 Å². The lowest BCUT2D eigenvalue weighted by Crippen LogP contribution is -2.30. The van der Waals surface area contributed by atoms with Gasteiger partial charge in [-0.2, -0.15) is 0 Å². The number of benzene rings is 4. The van der Waals surface area contributed by atoms with E-state index >= 15 is 0 Å². The number of aryl methyl sites for hydroxylation is 2. The van der Waals surface area contributed by atoms with Gasteiger partial charge in [0.15, 0.2) is 6.20 Å². The number of para-hydroxylation sites is 1. The van der Waals surface area contributed by atoms with Crippen molar-refractivity contribution < 1.29 is 8.98 Å². The summed E-state index contributed by atoms with van der Waals surface area (Å²) in [5.74, 6) is 0. The van der Waals surface area contributed by atoms with Crippen molar-refractivity contribution in [1.29, 1.82) is 0 Å². The lowest BCUT2D eigenvalue weighted by atomic mass is 9.97. The van der Waals surface area contributed by atoms with Gasteiger partial charge in [-0.25, -0.2) is 4.57 Å². The Morgan fingerprint density at radius 2 is 1.33 bits per heavy atom. The zero-order valence-corrected chi connectivity index (χ0v) is 18.7. The predicted octanol–water partition coefficient (Wildman–Crippen LogP) is 7.72. The van der Waals surface area contributed by atoms with Gasteiger partial charge in [0.2, 0.25) is 5.69 Å². The summed E-state index contributed by atoms with van der Waals surface area (Å²) in [5, 5.41) is 2.30. The van der Waals surface area contributed by atoms with Crippen LogP contribution in [0.15, 0.2) is 114 Å². The van der Waals surface area contributed by atoms with Gasteiger partial charge in [-0.3, -0.25) is 0 Å². The molecule has 0 fully saturated rings. The van der Waals surface area contributed by atoms with Crippen molar-refractivity contribution in [3.05, 3.63) is 115 Å². The summed E-state index contributed by atoms with van der Waals surface area (Å²) in [4.78, 5) is 0. The number of rotatable bonds is 3. The van der Waals surface area contributed by atoms with E-state index in [0.29, 0.717) is 0 Å². The van der Waals surface area contributed by atoms with E-state index in [4.69, 9.17) is 4.42 Å². The van der Waals surface area contributed by atoms with Crippen molar-refractivity contribution in [3.8, 4) is 33.5 Å². The SMILES string of the molecule is Cc1cc2oc3c(-c4ccc(-c5ccccc5)cc4)cccc3c2cc1-c1cccc[n+]1C. The molecule has 0 aliphatic heterocycles. The average Bonchev–Trinajstić information content (AvgIpc) is 3.22. The van der Waals surface area contributed by atoms with Gasteiger partial charge in [0.1, 0.15) is 18.2 Å². The second-order valence-corrected chi connectivity index (χ2v) is 8.59. The van der Waals surface area contributed by atoms with Crippen LogP contribution in [0.2, 0.25) is 0 Å². The third-order valence-corrected chi connectivity index (χ3v) is 6.48. The van der Waals surface area contributed by atoms with Crippen LogP contribution in [0.1, 0.15) is 5.56 Å². The number of fused-ring (bicyclic) bond motifs is 3. The van der Waals surface area contributed by atoms with Crippen LogP contribution in [0, 0.1) is 6.92 Å². The molecule has 4 aromatic carbocycles. The highest BCUT2D eigenvalue weighted by Crippen LogP contribution is 2.38. The molecule has 0 spiro atoms. The predicted molar refractivity (Wildman–Crippen MR) is 136 cm³/mol. The first-order chi connectivity index (χ1) is 16.2. The third-order valence-electron chi connectivity index (χ3n) is 6.48. The normalized spacial score (nSPS) is 11.3. The maximum Gasteiger partial charge on any atom is 0.212 e. The fourth-order valence-corrected chi connectivity index (χ4v) is 4.72. The van der Waals surface area contributed by atoms with Gasteiger partial charge in [0.05, 0.1) is 0 Å². The van der Waals surface area contributed by atoms with Gasteiger partial charge in [-0.1, -0.05) is 72.8 Å². The van der Waals surface area contributed by atoms with Crippen LogP contribution in [0.25, 0.3) is 55.4 Å². The number of aromatic nitrogens is 1. The smallest absolute Gasteiger partial charge is 0.212 e. The van der Waals surface area contributed by atoms with E-state index in [0.717, 1.165) is 33.1 Å². The van der Waals surface area contributed by atoms with Gasteiger partial charge in [-0.15, -0.1) is 0 Å². The number of nitrogens with zero attached hydrogens (tertiary/aromatic N) is 1. The summed E-state index contributed by atoms with van der Waals surface area (Å²) in [7, 11) is 2.09. The quantitative estimate of drug-likeness (QED) is 0.265. The first-order valence-electron chi connectivity index (χ1n) is 11.3. The fraction of sp³-hybridized carbons (Fsp3) is 0.0645. The molecule has 6 rings (SSSR count). The molecule has 0 aliphatic carbocycles. The largest absolute Gasteiger partial charge is 0.455 e. The molecule has 6 aromatic rings. The van der Waals surface area contributed by atoms with Crippen molar-refractivity contribution in [3.63, 3.8) is 0 Å². The van der Waals surface area contributed by atoms with E-state index in [2.05, 4.69) is 122 Å². The minimum atomic E-state index is 0.929. The number of hydrogen-bond acceptors (Lipinski definition) is 1. The van der Waals surface area contributed by atoms with Gasteiger partial charge >= 0.3 is 0 Å². The molecule has 0 unspecified atom stereocenters. The Balaban J connectivity index is 1.50. The van der Waals surface area contributed by atoms with Crippen molar-refractivity contribution >= 4 is 21.9 Å². The maximum atomic E-state index is 6.45. The van der Waals surface area contributed by atoms with Gasteiger partial charge < -0.3 is 4.42 Å². The van der Waals surface area contributed by atoms with Gasteiger partial charge in [0, 0.05) is 34.0 Å². The summed E-state index contributed by atoms with van der Waals surface area (Å²) >= 11 is 0. The maximum absolute atomic E-state index is 6.45. The first kappa shape index (κ1) is 19.5. The molecule has 0 atom stereocenters. The van der Waals surface area contributed by atoms with Gasteiger partial charge in [-0.05, 0) is 47.4 Å². The summed E-state index contributed by atoms with van der Waals surface area (Å²) in [5.41, 5.74) is 10.2. The summed E-state index contributed by atoms with van der Waals surface area (Å²) in [6.07, 6.45) is 2.09. The molecule has 0 N–H and O–H groups in total. The standard InChI is InChI=1S/C31H24NO/c1-21-19-30-28(20-27(21)29-13-6-7-18-32(29)2)26-12-8-11-25(31(26)33-30)24-16-14-23(15-17-24)22-9-4-3-5-10-22/h3-20H,1-2H3/q+1. The molecule has 33 heavy (non-hydrogen) atoms. The fourth-order valence-electron chi connectivity index (χ4n) is 4.72. The molecule has 0 saturated carbocycles. The Bertz CT molecular complexity index is 1610. The topological polar surface area (TPSA) is 17.0 Å². The number of pyridine rings is 1. The van der Waals surface area contributed by atoms with Crippen LogP contribution < -0.4 is 4.57 Å². The lowest BCUT2D eigenvalue weighted by molar-refractivity contribution is -0.660. The molecule has 0 aliphatic rings. The monoisotopic (exact) mass is 426 g/mol. The number of furan rings is 1. The summed E-state index contributed by atoms with van der Waals surface area (Å²) in [6, 6.07) is 36.4. The molecule has 2 heterocycles. The van der Waals surface area contributed by atoms with Crippen molar-refractivity contribution in [1.82, 2.24) is 0 Å². The molecular formula is C31H24NO+. The zero-order valence-electron chi connectivity index (χ0n) is 18.7. The second kappa shape index (κ2) is 7.75. The van der Waals surface area contributed by atoms with E-state index in [-0.39, 0.29) is 0 Å². The zero-order chi connectivity index (χ0) is 22.4. The van der Waals surface area contributed by atoms with Crippen LogP contribution in [0.4, 0.5) is 0 Å². The Labute approximate surface area is 193 Å². The minimum absolute atomic E-state index is 0.929.